The van der Waals surface area contributed by atoms with E-state index >= 15 is 0 Å². The van der Waals surface area contributed by atoms with E-state index in [1.807, 2.05) is 84.6 Å². The summed E-state index contributed by atoms with van der Waals surface area (Å²) in [4.78, 5) is 46.6. The standard InChI is InChI=1S/C27H28N4O3/c1-28(2)13-18-31-26(33)21-10-6-9-20-23(12-11-22(24(20)21)27(31)34)29-14-16-30(17-15-29)25(32)19-7-4-3-5-8-19/h3-12H,13-18H2,1-2H3. The number of carbonyl (C=O) groups is 3. The van der Waals surface area contributed by atoms with Crippen molar-refractivity contribution in [2.24, 2.45) is 0 Å². The number of amides is 3. The Bertz CT molecular complexity index is 1240. The second-order valence-corrected chi connectivity index (χ2v) is 9.07. The Morgan fingerprint density at radius 1 is 0.824 bits per heavy atom. The Labute approximate surface area is 199 Å². The highest BCUT2D eigenvalue weighted by atomic mass is 16.2. The van der Waals surface area contributed by atoms with Crippen molar-refractivity contribution in [3.63, 3.8) is 0 Å². The number of likely N-dealkylation sites (N-methyl/N-ethyl adjacent to an activating group) is 1. The largest absolute Gasteiger partial charge is 0.367 e. The van der Waals surface area contributed by atoms with Crippen LogP contribution >= 0.6 is 0 Å². The molecule has 0 radical (unpaired) electrons. The van der Waals surface area contributed by atoms with E-state index in [9.17, 15) is 14.4 Å². The number of rotatable bonds is 5. The summed E-state index contributed by atoms with van der Waals surface area (Å²) in [7, 11) is 3.85. The van der Waals surface area contributed by atoms with Crippen LogP contribution in [-0.2, 0) is 0 Å². The van der Waals surface area contributed by atoms with E-state index in [0.717, 1.165) is 16.5 Å². The number of nitrogens with zero attached hydrogens (tertiary/aromatic N) is 4. The highest BCUT2D eigenvalue weighted by Gasteiger charge is 2.34. The lowest BCUT2D eigenvalue weighted by molar-refractivity contribution is 0.0600. The summed E-state index contributed by atoms with van der Waals surface area (Å²) in [6, 6.07) is 18.9. The Morgan fingerprint density at radius 3 is 2.18 bits per heavy atom. The molecule has 0 aromatic heterocycles. The molecule has 0 N–H and O–H groups in total. The SMILES string of the molecule is CN(C)CCN1C(=O)c2cccc3c(N4CCN(C(=O)c5ccccc5)CC4)ccc(c23)C1=O. The third-order valence-electron chi connectivity index (χ3n) is 6.67. The molecular weight excluding hydrogens is 428 g/mol. The molecule has 7 heteroatoms. The van der Waals surface area contributed by atoms with Crippen LogP contribution in [0, 0.1) is 0 Å². The quantitative estimate of drug-likeness (QED) is 0.553. The van der Waals surface area contributed by atoms with Gasteiger partial charge in [-0.3, -0.25) is 19.3 Å². The van der Waals surface area contributed by atoms with Gasteiger partial charge in [0.25, 0.3) is 17.7 Å². The van der Waals surface area contributed by atoms with Crippen molar-refractivity contribution in [3.05, 3.63) is 77.4 Å². The molecular formula is C27H28N4O3. The van der Waals surface area contributed by atoms with E-state index in [0.29, 0.717) is 56.0 Å². The van der Waals surface area contributed by atoms with Gasteiger partial charge in [0.05, 0.1) is 0 Å². The summed E-state index contributed by atoms with van der Waals surface area (Å²) >= 11 is 0. The summed E-state index contributed by atoms with van der Waals surface area (Å²) in [5.74, 6) is -0.424. The molecule has 2 aliphatic rings. The Morgan fingerprint density at radius 2 is 1.50 bits per heavy atom. The average molecular weight is 457 g/mol. The first-order valence-corrected chi connectivity index (χ1v) is 11.6. The first-order chi connectivity index (χ1) is 16.5. The minimum absolute atomic E-state index is 0.0474. The fraction of sp³-hybridized carbons (Fsp3) is 0.296. The predicted octanol–water partition coefficient (Wildman–Crippen LogP) is 2.96. The van der Waals surface area contributed by atoms with Gasteiger partial charge in [0.15, 0.2) is 0 Å². The molecule has 1 fully saturated rings. The van der Waals surface area contributed by atoms with Gasteiger partial charge in [-0.1, -0.05) is 30.3 Å². The van der Waals surface area contributed by atoms with Gasteiger partial charge in [0.1, 0.15) is 0 Å². The lowest BCUT2D eigenvalue weighted by Crippen LogP contribution is -2.49. The molecule has 3 aromatic carbocycles. The van der Waals surface area contributed by atoms with Crippen molar-refractivity contribution in [3.8, 4) is 0 Å². The van der Waals surface area contributed by atoms with Crippen LogP contribution in [0.5, 0.6) is 0 Å². The molecule has 34 heavy (non-hydrogen) atoms. The van der Waals surface area contributed by atoms with Crippen LogP contribution in [0.15, 0.2) is 60.7 Å². The highest BCUT2D eigenvalue weighted by molar-refractivity contribution is 6.26. The minimum Gasteiger partial charge on any atom is -0.367 e. The molecule has 0 spiro atoms. The van der Waals surface area contributed by atoms with Gasteiger partial charge in [-0.25, -0.2) is 0 Å². The van der Waals surface area contributed by atoms with Crippen molar-refractivity contribution in [1.82, 2.24) is 14.7 Å². The molecule has 174 valence electrons. The lowest BCUT2D eigenvalue weighted by atomic mass is 9.92. The molecule has 2 heterocycles. The summed E-state index contributed by atoms with van der Waals surface area (Å²) in [6.45, 7) is 3.59. The first-order valence-electron chi connectivity index (χ1n) is 11.6. The van der Waals surface area contributed by atoms with Gasteiger partial charge in [-0.05, 0) is 44.4 Å². The number of anilines is 1. The Balaban J connectivity index is 1.41. The van der Waals surface area contributed by atoms with E-state index in [1.54, 1.807) is 0 Å². The molecule has 1 saturated heterocycles. The van der Waals surface area contributed by atoms with Crippen LogP contribution in [-0.4, -0.2) is 85.8 Å². The molecule has 7 nitrogen and oxygen atoms in total. The van der Waals surface area contributed by atoms with Gasteiger partial charge < -0.3 is 14.7 Å². The number of imide groups is 1. The zero-order valence-electron chi connectivity index (χ0n) is 19.5. The van der Waals surface area contributed by atoms with Crippen molar-refractivity contribution >= 4 is 34.2 Å². The maximum absolute atomic E-state index is 13.2. The zero-order chi connectivity index (χ0) is 23.8. The maximum atomic E-state index is 13.2. The number of piperazine rings is 1. The van der Waals surface area contributed by atoms with E-state index in [4.69, 9.17) is 0 Å². The number of carbonyl (C=O) groups excluding carboxylic acids is 3. The van der Waals surface area contributed by atoms with Gasteiger partial charge in [0, 0.05) is 72.4 Å². The van der Waals surface area contributed by atoms with E-state index in [2.05, 4.69) is 4.90 Å². The fourth-order valence-electron chi connectivity index (χ4n) is 4.82. The molecule has 3 aromatic rings. The molecule has 0 atom stereocenters. The van der Waals surface area contributed by atoms with Crippen LogP contribution in [0.25, 0.3) is 10.8 Å². The van der Waals surface area contributed by atoms with E-state index in [1.165, 1.54) is 4.90 Å². The number of hydrogen-bond acceptors (Lipinski definition) is 5. The van der Waals surface area contributed by atoms with Gasteiger partial charge in [-0.2, -0.15) is 0 Å². The summed E-state index contributed by atoms with van der Waals surface area (Å²) in [6.07, 6.45) is 0. The third kappa shape index (κ3) is 3.82. The van der Waals surface area contributed by atoms with Crippen molar-refractivity contribution in [1.29, 1.82) is 0 Å². The van der Waals surface area contributed by atoms with Crippen LogP contribution in [0.4, 0.5) is 5.69 Å². The zero-order valence-corrected chi connectivity index (χ0v) is 19.5. The van der Waals surface area contributed by atoms with Crippen molar-refractivity contribution in [2.75, 3.05) is 58.3 Å². The van der Waals surface area contributed by atoms with Crippen molar-refractivity contribution in [2.45, 2.75) is 0 Å². The monoisotopic (exact) mass is 456 g/mol. The molecule has 0 bridgehead atoms. The van der Waals surface area contributed by atoms with Crippen LogP contribution < -0.4 is 4.90 Å². The van der Waals surface area contributed by atoms with Gasteiger partial charge in [0.2, 0.25) is 0 Å². The summed E-state index contributed by atoms with van der Waals surface area (Å²) < 4.78 is 0. The highest BCUT2D eigenvalue weighted by Crippen LogP contribution is 2.36. The van der Waals surface area contributed by atoms with Gasteiger partial charge >= 0.3 is 0 Å². The lowest BCUT2D eigenvalue weighted by Gasteiger charge is -2.37. The van der Waals surface area contributed by atoms with Crippen LogP contribution in [0.1, 0.15) is 31.1 Å². The first kappa shape index (κ1) is 22.1. The third-order valence-corrected chi connectivity index (χ3v) is 6.67. The minimum atomic E-state index is -0.236. The van der Waals surface area contributed by atoms with E-state index < -0.39 is 0 Å². The second-order valence-electron chi connectivity index (χ2n) is 9.07. The average Bonchev–Trinajstić information content (AvgIpc) is 2.87. The van der Waals surface area contributed by atoms with E-state index in [-0.39, 0.29) is 17.7 Å². The number of hydrogen-bond donors (Lipinski definition) is 0. The Kier molecular flexibility index (Phi) is 5.79. The molecule has 5 rings (SSSR count). The molecule has 0 saturated carbocycles. The molecule has 0 unspecified atom stereocenters. The van der Waals surface area contributed by atoms with Crippen LogP contribution in [0.3, 0.4) is 0 Å². The fourth-order valence-corrected chi connectivity index (χ4v) is 4.82. The Hall–Kier alpha value is -3.71. The summed E-state index contributed by atoms with van der Waals surface area (Å²) in [5, 5.41) is 1.64. The smallest absolute Gasteiger partial charge is 0.261 e. The normalized spacial score (nSPS) is 16.0. The maximum Gasteiger partial charge on any atom is 0.261 e. The molecule has 2 aliphatic heterocycles. The predicted molar refractivity (Wildman–Crippen MR) is 132 cm³/mol. The van der Waals surface area contributed by atoms with Gasteiger partial charge in [-0.15, -0.1) is 0 Å². The number of benzene rings is 3. The topological polar surface area (TPSA) is 64.2 Å². The molecule has 3 amide bonds. The van der Waals surface area contributed by atoms with Crippen LogP contribution in [0.2, 0.25) is 0 Å². The van der Waals surface area contributed by atoms with Crippen molar-refractivity contribution < 1.29 is 14.4 Å². The second kappa shape index (κ2) is 8.91. The molecule has 0 aliphatic carbocycles. The summed E-state index contributed by atoms with van der Waals surface area (Å²) in [5.41, 5.74) is 2.85.